The number of aromatic amines is 1. The van der Waals surface area contributed by atoms with Gasteiger partial charge in [-0.05, 0) is 36.3 Å². The second-order valence-corrected chi connectivity index (χ2v) is 5.57. The summed E-state index contributed by atoms with van der Waals surface area (Å²) in [6.45, 7) is 1.32. The Morgan fingerprint density at radius 1 is 1.22 bits per heavy atom. The van der Waals surface area contributed by atoms with E-state index < -0.39 is 0 Å². The molecule has 0 atom stereocenters. The maximum atomic E-state index is 12.4. The van der Waals surface area contributed by atoms with Gasteiger partial charge in [-0.25, -0.2) is 0 Å². The van der Waals surface area contributed by atoms with Crippen LogP contribution >= 0.6 is 0 Å². The van der Waals surface area contributed by atoms with Crippen molar-refractivity contribution in [2.75, 3.05) is 13.1 Å². The maximum Gasteiger partial charge on any atom is 0.255 e. The molecule has 1 aliphatic rings. The van der Waals surface area contributed by atoms with Crippen molar-refractivity contribution < 1.29 is 4.79 Å². The van der Waals surface area contributed by atoms with Gasteiger partial charge < -0.3 is 9.88 Å². The van der Waals surface area contributed by atoms with Crippen LogP contribution in [-0.2, 0) is 0 Å². The van der Waals surface area contributed by atoms with Gasteiger partial charge in [0.25, 0.3) is 5.91 Å². The Hall–Kier alpha value is -2.95. The minimum Gasteiger partial charge on any atom is -0.359 e. The van der Waals surface area contributed by atoms with Gasteiger partial charge in [-0.15, -0.1) is 0 Å². The molecule has 1 aliphatic heterocycles. The molecule has 23 heavy (non-hydrogen) atoms. The smallest absolute Gasteiger partial charge is 0.255 e. The summed E-state index contributed by atoms with van der Waals surface area (Å²) in [6, 6.07) is 7.54. The predicted octanol–water partition coefficient (Wildman–Crippen LogP) is 2.89. The second-order valence-electron chi connectivity index (χ2n) is 5.57. The first-order valence-corrected chi connectivity index (χ1v) is 7.64. The molecule has 0 aromatic carbocycles. The van der Waals surface area contributed by atoms with Gasteiger partial charge in [0, 0.05) is 43.4 Å². The van der Waals surface area contributed by atoms with E-state index in [4.69, 9.17) is 0 Å². The third-order valence-electron chi connectivity index (χ3n) is 4.19. The summed E-state index contributed by atoms with van der Waals surface area (Å²) in [7, 11) is 0. The number of nitrogens with zero attached hydrogens (tertiary/aromatic N) is 3. The SMILES string of the molecule is O=C(c1cccnc1)N1CC=C(c2c[nH]c3cccnc23)CC1. The molecule has 0 unspecified atom stereocenters. The Balaban J connectivity index is 1.56. The molecule has 5 heteroatoms. The highest BCUT2D eigenvalue weighted by molar-refractivity contribution is 5.95. The Labute approximate surface area is 133 Å². The molecule has 5 nitrogen and oxygen atoms in total. The minimum absolute atomic E-state index is 0.0328. The van der Waals surface area contributed by atoms with E-state index >= 15 is 0 Å². The average Bonchev–Trinajstić information content (AvgIpc) is 3.06. The highest BCUT2D eigenvalue weighted by atomic mass is 16.2. The van der Waals surface area contributed by atoms with Crippen molar-refractivity contribution in [1.82, 2.24) is 19.9 Å². The molecule has 0 saturated carbocycles. The van der Waals surface area contributed by atoms with Gasteiger partial charge >= 0.3 is 0 Å². The lowest BCUT2D eigenvalue weighted by Gasteiger charge is -2.26. The van der Waals surface area contributed by atoms with Crippen LogP contribution in [0, 0.1) is 0 Å². The van der Waals surface area contributed by atoms with E-state index in [2.05, 4.69) is 21.0 Å². The van der Waals surface area contributed by atoms with E-state index in [1.807, 2.05) is 23.2 Å². The van der Waals surface area contributed by atoms with E-state index in [-0.39, 0.29) is 5.91 Å². The molecular formula is C18H16N4O. The zero-order chi connectivity index (χ0) is 15.6. The van der Waals surface area contributed by atoms with Gasteiger partial charge in [0.15, 0.2) is 0 Å². The number of pyridine rings is 2. The van der Waals surface area contributed by atoms with Gasteiger partial charge in [-0.3, -0.25) is 14.8 Å². The maximum absolute atomic E-state index is 12.4. The van der Waals surface area contributed by atoms with E-state index in [1.165, 1.54) is 5.57 Å². The van der Waals surface area contributed by atoms with Crippen molar-refractivity contribution in [1.29, 1.82) is 0 Å². The summed E-state index contributed by atoms with van der Waals surface area (Å²) >= 11 is 0. The van der Waals surface area contributed by atoms with E-state index in [9.17, 15) is 4.79 Å². The molecular weight excluding hydrogens is 288 g/mol. The van der Waals surface area contributed by atoms with Crippen LogP contribution in [0.15, 0.2) is 55.1 Å². The van der Waals surface area contributed by atoms with E-state index in [0.717, 1.165) is 23.0 Å². The van der Waals surface area contributed by atoms with Crippen LogP contribution in [0.4, 0.5) is 0 Å². The molecule has 4 rings (SSSR count). The summed E-state index contributed by atoms with van der Waals surface area (Å²) in [5.41, 5.74) is 5.04. The van der Waals surface area contributed by atoms with Crippen molar-refractivity contribution in [2.45, 2.75) is 6.42 Å². The van der Waals surface area contributed by atoms with Crippen LogP contribution in [0.1, 0.15) is 22.3 Å². The summed E-state index contributed by atoms with van der Waals surface area (Å²) in [5.74, 6) is 0.0328. The number of hydrogen-bond donors (Lipinski definition) is 1. The first-order valence-electron chi connectivity index (χ1n) is 7.64. The molecule has 0 spiro atoms. The Kier molecular flexibility index (Phi) is 3.38. The molecule has 1 amide bonds. The zero-order valence-electron chi connectivity index (χ0n) is 12.6. The van der Waals surface area contributed by atoms with Crippen LogP contribution in [0.25, 0.3) is 16.6 Å². The highest BCUT2D eigenvalue weighted by Gasteiger charge is 2.20. The van der Waals surface area contributed by atoms with Gasteiger partial charge in [0.1, 0.15) is 0 Å². The Morgan fingerprint density at radius 2 is 2.13 bits per heavy atom. The molecule has 0 aliphatic carbocycles. The first kappa shape index (κ1) is 13.7. The number of rotatable bonds is 2. The van der Waals surface area contributed by atoms with Crippen LogP contribution in [0.2, 0.25) is 0 Å². The molecule has 3 aromatic rings. The van der Waals surface area contributed by atoms with Gasteiger partial charge in [-0.2, -0.15) is 0 Å². The molecule has 1 N–H and O–H groups in total. The summed E-state index contributed by atoms with van der Waals surface area (Å²) in [4.78, 5) is 26.0. The lowest BCUT2D eigenvalue weighted by Crippen LogP contribution is -2.34. The summed E-state index contributed by atoms with van der Waals surface area (Å²) < 4.78 is 0. The van der Waals surface area contributed by atoms with E-state index in [0.29, 0.717) is 18.7 Å². The van der Waals surface area contributed by atoms with Crippen molar-refractivity contribution in [3.05, 3.63) is 66.3 Å². The molecule has 4 heterocycles. The fraction of sp³-hybridized carbons (Fsp3) is 0.167. The van der Waals surface area contributed by atoms with E-state index in [1.54, 1.807) is 30.7 Å². The zero-order valence-corrected chi connectivity index (χ0v) is 12.6. The topological polar surface area (TPSA) is 61.9 Å². The number of H-pyrrole nitrogens is 1. The predicted molar refractivity (Wildman–Crippen MR) is 88.8 cm³/mol. The third-order valence-corrected chi connectivity index (χ3v) is 4.19. The number of carbonyl (C=O) groups is 1. The molecule has 0 saturated heterocycles. The lowest BCUT2D eigenvalue weighted by molar-refractivity contribution is 0.0772. The third kappa shape index (κ3) is 2.50. The number of hydrogen-bond acceptors (Lipinski definition) is 3. The van der Waals surface area contributed by atoms with Gasteiger partial charge in [-0.1, -0.05) is 6.08 Å². The molecule has 114 valence electrons. The average molecular weight is 304 g/mol. The second kappa shape index (κ2) is 5.68. The van der Waals surface area contributed by atoms with Gasteiger partial charge in [0.05, 0.1) is 16.6 Å². The normalized spacial score (nSPS) is 14.8. The minimum atomic E-state index is 0.0328. The fourth-order valence-electron chi connectivity index (χ4n) is 2.97. The molecule has 0 bridgehead atoms. The fourth-order valence-corrected chi connectivity index (χ4v) is 2.97. The van der Waals surface area contributed by atoms with Crippen molar-refractivity contribution in [3.8, 4) is 0 Å². The number of aromatic nitrogens is 3. The monoisotopic (exact) mass is 304 g/mol. The highest BCUT2D eigenvalue weighted by Crippen LogP contribution is 2.28. The standard InChI is InChI=1S/C18H16N4O/c23-18(14-3-1-7-19-11-14)22-9-5-13(6-10-22)15-12-21-16-4-2-8-20-17(15)16/h1-5,7-8,11-12,21H,6,9-10H2. The lowest BCUT2D eigenvalue weighted by atomic mass is 10.0. The van der Waals surface area contributed by atoms with Crippen molar-refractivity contribution >= 4 is 22.5 Å². The summed E-state index contributed by atoms with van der Waals surface area (Å²) in [5, 5.41) is 0. The largest absolute Gasteiger partial charge is 0.359 e. The number of amides is 1. The van der Waals surface area contributed by atoms with Crippen molar-refractivity contribution in [3.63, 3.8) is 0 Å². The number of nitrogens with one attached hydrogen (secondary N) is 1. The van der Waals surface area contributed by atoms with Gasteiger partial charge in [0.2, 0.25) is 0 Å². The van der Waals surface area contributed by atoms with Crippen LogP contribution < -0.4 is 0 Å². The number of carbonyl (C=O) groups excluding carboxylic acids is 1. The quantitative estimate of drug-likeness (QED) is 0.792. The Bertz CT molecular complexity index is 882. The van der Waals surface area contributed by atoms with Crippen LogP contribution in [0.3, 0.4) is 0 Å². The molecule has 0 fully saturated rings. The molecule has 0 radical (unpaired) electrons. The Morgan fingerprint density at radius 3 is 2.91 bits per heavy atom. The number of fused-ring (bicyclic) bond motifs is 1. The first-order chi connectivity index (χ1) is 11.3. The van der Waals surface area contributed by atoms with Crippen LogP contribution in [-0.4, -0.2) is 38.8 Å². The summed E-state index contributed by atoms with van der Waals surface area (Å²) in [6.07, 6.45) is 10.0. The molecule has 3 aromatic heterocycles. The van der Waals surface area contributed by atoms with Crippen LogP contribution in [0.5, 0.6) is 0 Å². The van der Waals surface area contributed by atoms with Crippen molar-refractivity contribution in [2.24, 2.45) is 0 Å².